The number of nitrogens with zero attached hydrogens (tertiary/aromatic N) is 1. The number of hydrogen-bond acceptors (Lipinski definition) is 3. The van der Waals surface area contributed by atoms with Crippen LogP contribution >= 0.6 is 0 Å². The summed E-state index contributed by atoms with van der Waals surface area (Å²) < 4.78 is 18.9. The molecule has 0 N–H and O–H groups in total. The van der Waals surface area contributed by atoms with Crippen LogP contribution in [-0.2, 0) is 0 Å². The quantitative estimate of drug-likeness (QED) is 0.780. The second-order valence-electron chi connectivity index (χ2n) is 3.81. The summed E-state index contributed by atoms with van der Waals surface area (Å²) in [5.74, 6) is -0.0648. The Morgan fingerprint density at radius 3 is 2.61 bits per heavy atom. The number of pyridine rings is 1. The highest BCUT2D eigenvalue weighted by Crippen LogP contribution is 2.30. The molecule has 2 rings (SSSR count). The summed E-state index contributed by atoms with van der Waals surface area (Å²) in [7, 11) is 1.47. The minimum absolute atomic E-state index is 0.0745. The average molecular weight is 245 g/mol. The van der Waals surface area contributed by atoms with Gasteiger partial charge in [0.2, 0.25) is 0 Å². The Balaban J connectivity index is 2.52. The number of carbonyl (C=O) groups excluding carboxylic acids is 1. The summed E-state index contributed by atoms with van der Waals surface area (Å²) in [6, 6.07) is 7.81. The van der Waals surface area contributed by atoms with Gasteiger partial charge in [-0.1, -0.05) is 6.07 Å². The molecule has 18 heavy (non-hydrogen) atoms. The second-order valence-corrected chi connectivity index (χ2v) is 3.81. The molecule has 0 saturated carbocycles. The smallest absolute Gasteiger partial charge is 0.161 e. The third-order valence-corrected chi connectivity index (χ3v) is 2.62. The molecule has 0 aliphatic carbocycles. The van der Waals surface area contributed by atoms with E-state index in [-0.39, 0.29) is 5.78 Å². The summed E-state index contributed by atoms with van der Waals surface area (Å²) >= 11 is 0. The van der Waals surface area contributed by atoms with E-state index >= 15 is 0 Å². The summed E-state index contributed by atoms with van der Waals surface area (Å²) in [4.78, 5) is 15.2. The van der Waals surface area contributed by atoms with Gasteiger partial charge in [0.05, 0.1) is 18.4 Å². The van der Waals surface area contributed by atoms with Crippen LogP contribution in [0.1, 0.15) is 17.3 Å². The van der Waals surface area contributed by atoms with E-state index in [0.717, 1.165) is 0 Å². The van der Waals surface area contributed by atoms with Crippen LogP contribution in [0.3, 0.4) is 0 Å². The first-order chi connectivity index (χ1) is 8.63. The monoisotopic (exact) mass is 245 g/mol. The van der Waals surface area contributed by atoms with E-state index in [1.165, 1.54) is 26.3 Å². The molecule has 3 nitrogen and oxygen atoms in total. The highest BCUT2D eigenvalue weighted by Gasteiger charge is 2.13. The van der Waals surface area contributed by atoms with E-state index in [1.807, 2.05) is 0 Å². The van der Waals surface area contributed by atoms with Crippen LogP contribution in [0.25, 0.3) is 11.3 Å². The number of Topliss-reactive ketones (excluding diaryl/α,β-unsaturated/α-hetero) is 1. The maximum Gasteiger partial charge on any atom is 0.161 e. The van der Waals surface area contributed by atoms with Crippen molar-refractivity contribution in [1.29, 1.82) is 0 Å². The molecule has 0 bridgehead atoms. The van der Waals surface area contributed by atoms with Gasteiger partial charge in [-0.3, -0.25) is 9.78 Å². The fraction of sp³-hybridized carbons (Fsp3) is 0.143. The maximum atomic E-state index is 13.8. The molecule has 0 radical (unpaired) electrons. The molecule has 0 aliphatic rings. The topological polar surface area (TPSA) is 39.2 Å². The Morgan fingerprint density at radius 2 is 2.06 bits per heavy atom. The molecule has 0 spiro atoms. The minimum Gasteiger partial charge on any atom is -0.496 e. The standard InChI is InChI=1S/C14H12FNO2/c1-9(17)10-6-7-12(16-8-10)14-11(15)4-3-5-13(14)18-2/h3-8H,1-2H3. The SMILES string of the molecule is COc1cccc(F)c1-c1ccc(C(C)=O)cn1. The normalized spacial score (nSPS) is 10.2. The Morgan fingerprint density at radius 1 is 1.28 bits per heavy atom. The van der Waals surface area contributed by atoms with E-state index in [2.05, 4.69) is 4.98 Å². The fourth-order valence-corrected chi connectivity index (χ4v) is 1.67. The van der Waals surface area contributed by atoms with Crippen LogP contribution in [0.4, 0.5) is 4.39 Å². The number of methoxy groups -OCH3 is 1. The third-order valence-electron chi connectivity index (χ3n) is 2.62. The van der Waals surface area contributed by atoms with Gasteiger partial charge in [-0.05, 0) is 31.2 Å². The van der Waals surface area contributed by atoms with Crippen LogP contribution in [0.2, 0.25) is 0 Å². The molecule has 92 valence electrons. The lowest BCUT2D eigenvalue weighted by Crippen LogP contribution is -1.96. The van der Waals surface area contributed by atoms with Gasteiger partial charge >= 0.3 is 0 Å². The number of carbonyl (C=O) groups is 1. The van der Waals surface area contributed by atoms with Crippen LogP contribution < -0.4 is 4.74 Å². The number of rotatable bonds is 3. The molecule has 0 saturated heterocycles. The molecular weight excluding hydrogens is 233 g/mol. The van der Waals surface area contributed by atoms with Crippen molar-refractivity contribution in [2.75, 3.05) is 7.11 Å². The number of hydrogen-bond donors (Lipinski definition) is 0. The number of aromatic nitrogens is 1. The Hall–Kier alpha value is -2.23. The van der Waals surface area contributed by atoms with E-state index < -0.39 is 5.82 Å². The zero-order chi connectivity index (χ0) is 13.1. The Kier molecular flexibility index (Phi) is 3.37. The maximum absolute atomic E-state index is 13.8. The van der Waals surface area contributed by atoms with Crippen LogP contribution in [0, 0.1) is 5.82 Å². The van der Waals surface area contributed by atoms with E-state index in [1.54, 1.807) is 24.3 Å². The third kappa shape index (κ3) is 2.22. The van der Waals surface area contributed by atoms with Gasteiger partial charge in [-0.25, -0.2) is 4.39 Å². The number of halogens is 1. The van der Waals surface area contributed by atoms with Crippen molar-refractivity contribution in [3.8, 4) is 17.0 Å². The molecule has 0 atom stereocenters. The molecule has 0 unspecified atom stereocenters. The lowest BCUT2D eigenvalue weighted by atomic mass is 10.1. The largest absolute Gasteiger partial charge is 0.496 e. The fourth-order valence-electron chi connectivity index (χ4n) is 1.67. The van der Waals surface area contributed by atoms with Gasteiger partial charge in [-0.2, -0.15) is 0 Å². The van der Waals surface area contributed by atoms with Crippen molar-refractivity contribution in [3.05, 3.63) is 47.9 Å². The van der Waals surface area contributed by atoms with E-state index in [0.29, 0.717) is 22.6 Å². The van der Waals surface area contributed by atoms with Crippen LogP contribution in [0.5, 0.6) is 5.75 Å². The zero-order valence-corrected chi connectivity index (χ0v) is 10.1. The minimum atomic E-state index is -0.405. The van der Waals surface area contributed by atoms with Crippen molar-refractivity contribution >= 4 is 5.78 Å². The van der Waals surface area contributed by atoms with Gasteiger partial charge in [-0.15, -0.1) is 0 Å². The lowest BCUT2D eigenvalue weighted by molar-refractivity contribution is 0.101. The number of benzene rings is 1. The number of ketones is 1. The summed E-state index contributed by atoms with van der Waals surface area (Å²) in [5, 5.41) is 0. The summed E-state index contributed by atoms with van der Waals surface area (Å²) in [6.45, 7) is 1.46. The molecule has 2 aromatic rings. The lowest BCUT2D eigenvalue weighted by Gasteiger charge is -2.09. The highest BCUT2D eigenvalue weighted by atomic mass is 19.1. The van der Waals surface area contributed by atoms with Crippen molar-refractivity contribution in [3.63, 3.8) is 0 Å². The molecule has 1 heterocycles. The first-order valence-electron chi connectivity index (χ1n) is 5.43. The van der Waals surface area contributed by atoms with Crippen molar-refractivity contribution < 1.29 is 13.9 Å². The number of ether oxygens (including phenoxy) is 1. The Labute approximate surface area is 104 Å². The molecule has 0 amide bonds. The Bertz CT molecular complexity index is 579. The summed E-state index contributed by atoms with van der Waals surface area (Å²) in [6.07, 6.45) is 1.43. The summed E-state index contributed by atoms with van der Waals surface area (Å²) in [5.41, 5.74) is 1.24. The van der Waals surface area contributed by atoms with Crippen molar-refractivity contribution in [2.24, 2.45) is 0 Å². The van der Waals surface area contributed by atoms with Gasteiger partial charge < -0.3 is 4.74 Å². The first kappa shape index (κ1) is 12.2. The van der Waals surface area contributed by atoms with Gasteiger partial charge in [0, 0.05) is 11.8 Å². The highest BCUT2D eigenvalue weighted by molar-refractivity contribution is 5.94. The van der Waals surface area contributed by atoms with E-state index in [4.69, 9.17) is 4.74 Å². The predicted molar refractivity (Wildman–Crippen MR) is 66.2 cm³/mol. The molecule has 1 aromatic heterocycles. The van der Waals surface area contributed by atoms with Crippen molar-refractivity contribution in [2.45, 2.75) is 6.92 Å². The molecule has 4 heteroatoms. The van der Waals surface area contributed by atoms with Crippen LogP contribution in [-0.4, -0.2) is 17.9 Å². The van der Waals surface area contributed by atoms with Crippen molar-refractivity contribution in [1.82, 2.24) is 4.98 Å². The van der Waals surface area contributed by atoms with Gasteiger partial charge in [0.1, 0.15) is 11.6 Å². The second kappa shape index (κ2) is 4.96. The van der Waals surface area contributed by atoms with E-state index in [9.17, 15) is 9.18 Å². The molecule has 1 aromatic carbocycles. The predicted octanol–water partition coefficient (Wildman–Crippen LogP) is 3.10. The average Bonchev–Trinajstić information content (AvgIpc) is 2.38. The molecule has 0 aliphatic heterocycles. The molecular formula is C14H12FNO2. The van der Waals surface area contributed by atoms with Gasteiger partial charge in [0.15, 0.2) is 5.78 Å². The van der Waals surface area contributed by atoms with Gasteiger partial charge in [0.25, 0.3) is 0 Å². The zero-order valence-electron chi connectivity index (χ0n) is 10.1. The van der Waals surface area contributed by atoms with Crippen LogP contribution in [0.15, 0.2) is 36.5 Å². The first-order valence-corrected chi connectivity index (χ1v) is 5.43. The molecule has 0 fully saturated rings.